The van der Waals surface area contributed by atoms with Crippen LogP contribution in [0.2, 0.25) is 0 Å². The topological polar surface area (TPSA) is 52.0 Å². The average Bonchev–Trinajstić information content (AvgIpc) is 3.36. The average molecular weight is 1010 g/mol. The van der Waals surface area contributed by atoms with E-state index in [1.807, 2.05) is 60.7 Å². The molecular weight excluding hydrogens is 959 g/mol. The van der Waals surface area contributed by atoms with Crippen molar-refractivity contribution in [2.45, 2.75) is 12.1 Å². The van der Waals surface area contributed by atoms with Gasteiger partial charge in [0.1, 0.15) is 0 Å². The molecule has 324 valence electrons. The van der Waals surface area contributed by atoms with Crippen LogP contribution in [0.5, 0.6) is 0 Å². The Labute approximate surface area is 411 Å². The van der Waals surface area contributed by atoms with Crippen LogP contribution >= 0.6 is 40.7 Å². The molecular formula is C58H50Cl2N2P2Ru. The fraction of sp³-hybridized carbons (Fsp3) is 0.0345. The number of rotatable bonds is 10. The van der Waals surface area contributed by atoms with Crippen LogP contribution in [0.4, 0.5) is 0 Å². The first-order valence-corrected chi connectivity index (χ1v) is 23.8. The number of halogens is 2. The van der Waals surface area contributed by atoms with E-state index in [0.29, 0.717) is 0 Å². The summed E-state index contributed by atoms with van der Waals surface area (Å²) in [5, 5.41) is 13.3. The Morgan fingerprint density at radius 3 is 0.815 bits per heavy atom. The van der Waals surface area contributed by atoms with Gasteiger partial charge in [-0.25, -0.2) is 0 Å². The Kier molecular flexibility index (Phi) is 18.0. The quantitative estimate of drug-likeness (QED) is 0.106. The van der Waals surface area contributed by atoms with Crippen molar-refractivity contribution in [2.75, 3.05) is 0 Å². The van der Waals surface area contributed by atoms with E-state index in [1.54, 1.807) is 0 Å². The van der Waals surface area contributed by atoms with Crippen molar-refractivity contribution in [2.24, 2.45) is 11.5 Å². The third-order valence-corrected chi connectivity index (χ3v) is 16.3. The molecule has 0 aliphatic carbocycles. The molecule has 2 nitrogen and oxygen atoms in total. The number of fused-ring (bicyclic) bond motifs is 2. The van der Waals surface area contributed by atoms with E-state index in [-0.39, 0.29) is 56.4 Å². The summed E-state index contributed by atoms with van der Waals surface area (Å²) < 4.78 is 0. The van der Waals surface area contributed by atoms with Crippen molar-refractivity contribution in [3.05, 3.63) is 266 Å². The summed E-state index contributed by atoms with van der Waals surface area (Å²) in [7, 11) is -1.70. The van der Waals surface area contributed by atoms with E-state index >= 15 is 0 Å². The number of hydrogen-bond donors (Lipinski definition) is 2. The third kappa shape index (κ3) is 11.0. The van der Waals surface area contributed by atoms with Crippen LogP contribution in [-0.4, -0.2) is 0 Å². The molecule has 0 amide bonds. The van der Waals surface area contributed by atoms with E-state index in [0.717, 1.165) is 11.1 Å². The van der Waals surface area contributed by atoms with Crippen molar-refractivity contribution in [1.29, 1.82) is 0 Å². The third-order valence-electron chi connectivity index (χ3n) is 11.4. The van der Waals surface area contributed by atoms with Gasteiger partial charge in [0, 0.05) is 31.6 Å². The Hall–Kier alpha value is -5.30. The Bertz CT molecular complexity index is 2720. The second-order valence-corrected chi connectivity index (χ2v) is 19.6. The zero-order valence-electron chi connectivity index (χ0n) is 35.6. The standard InChI is InChI=1S/C44H32P2.C14H16N2.2ClH.Ru/c1-5-19-35(20-6-1)45(36-21-7-2-8-22-36)41-31-29-33-17-13-15-27-39(33)43(41)44-40-28-16-14-18-34(40)30-32-42(44)46(37-23-9-3-10-24-37)38-25-11-4-12-26-38;15-13(11-7-3-1-4-8-11)14(16)12-9-5-2-6-10-12;;;/h1-32H;1-10,13-14H,15-16H2;2*1H;. The van der Waals surface area contributed by atoms with Crippen LogP contribution in [-0.2, 0) is 19.5 Å². The Morgan fingerprint density at radius 2 is 0.523 bits per heavy atom. The van der Waals surface area contributed by atoms with Gasteiger partial charge < -0.3 is 11.5 Å². The zero-order chi connectivity index (χ0) is 42.1. The van der Waals surface area contributed by atoms with E-state index in [4.69, 9.17) is 11.5 Å². The summed E-state index contributed by atoms with van der Waals surface area (Å²) in [6.07, 6.45) is 0. The molecule has 10 rings (SSSR count). The molecule has 0 radical (unpaired) electrons. The molecule has 4 N–H and O–H groups in total. The van der Waals surface area contributed by atoms with Crippen LogP contribution in [0, 0.1) is 0 Å². The molecule has 2 unspecified atom stereocenters. The van der Waals surface area contributed by atoms with Crippen LogP contribution in [0.3, 0.4) is 0 Å². The summed E-state index contributed by atoms with van der Waals surface area (Å²) in [5.74, 6) is 0. The largest absolute Gasteiger partial charge is 0.322 e. The molecule has 0 saturated carbocycles. The number of benzene rings is 10. The van der Waals surface area contributed by atoms with Crippen molar-refractivity contribution in [3.8, 4) is 11.1 Å². The predicted molar refractivity (Wildman–Crippen MR) is 286 cm³/mol. The Morgan fingerprint density at radius 1 is 0.277 bits per heavy atom. The molecule has 0 spiro atoms. The summed E-state index contributed by atoms with van der Waals surface area (Å²) in [6.45, 7) is 0. The van der Waals surface area contributed by atoms with Gasteiger partial charge in [-0.1, -0.05) is 255 Å². The Balaban J connectivity index is 0.000000314. The SMILES string of the molecule is Cl.Cl.NC(c1ccccc1)C(N)c1ccccc1.[Ru].c1ccc(P(c2ccccc2)c2ccc3ccccc3c2-c2c(P(c3ccccc3)c3ccccc3)ccc3ccccc23)cc1. The normalized spacial score (nSPS) is 11.6. The molecule has 0 saturated heterocycles. The fourth-order valence-corrected chi connectivity index (χ4v) is 13.3. The van der Waals surface area contributed by atoms with Crippen LogP contribution in [0.1, 0.15) is 23.2 Å². The number of nitrogens with two attached hydrogens (primary N) is 2. The molecule has 2 atom stereocenters. The van der Waals surface area contributed by atoms with Gasteiger partial charge in [0.2, 0.25) is 0 Å². The van der Waals surface area contributed by atoms with E-state index < -0.39 is 15.8 Å². The van der Waals surface area contributed by atoms with Gasteiger partial charge in [0.05, 0.1) is 0 Å². The monoisotopic (exact) mass is 1010 g/mol. The maximum absolute atomic E-state index is 6.15. The van der Waals surface area contributed by atoms with Gasteiger partial charge >= 0.3 is 0 Å². The van der Waals surface area contributed by atoms with Gasteiger partial charge in [-0.15, -0.1) is 24.8 Å². The maximum atomic E-state index is 6.15. The minimum atomic E-state index is -0.852. The van der Waals surface area contributed by atoms with Crippen molar-refractivity contribution in [1.82, 2.24) is 0 Å². The maximum Gasteiger partial charge on any atom is 0.0491 e. The first kappa shape index (κ1) is 49.1. The molecule has 65 heavy (non-hydrogen) atoms. The minimum Gasteiger partial charge on any atom is -0.322 e. The van der Waals surface area contributed by atoms with Gasteiger partial charge in [0.15, 0.2) is 0 Å². The zero-order valence-corrected chi connectivity index (χ0v) is 40.8. The van der Waals surface area contributed by atoms with Crippen LogP contribution in [0.15, 0.2) is 255 Å². The molecule has 10 aromatic carbocycles. The molecule has 0 aliphatic heterocycles. The predicted octanol–water partition coefficient (Wildman–Crippen LogP) is 12.4. The first-order valence-electron chi connectivity index (χ1n) is 21.1. The van der Waals surface area contributed by atoms with Crippen molar-refractivity contribution >= 4 is 94.0 Å². The van der Waals surface area contributed by atoms with Gasteiger partial charge in [-0.05, 0) is 91.5 Å². The fourth-order valence-electron chi connectivity index (χ4n) is 8.35. The molecule has 0 heterocycles. The van der Waals surface area contributed by atoms with Crippen molar-refractivity contribution in [3.63, 3.8) is 0 Å². The van der Waals surface area contributed by atoms with Gasteiger partial charge in [-0.3, -0.25) is 0 Å². The molecule has 10 aromatic rings. The van der Waals surface area contributed by atoms with Gasteiger partial charge in [0.25, 0.3) is 0 Å². The molecule has 0 aliphatic rings. The molecule has 0 fully saturated rings. The number of hydrogen-bond acceptors (Lipinski definition) is 2. The summed E-state index contributed by atoms with van der Waals surface area (Å²) >= 11 is 0. The second-order valence-electron chi connectivity index (χ2n) is 15.2. The molecule has 0 bridgehead atoms. The van der Waals surface area contributed by atoms with Gasteiger partial charge in [-0.2, -0.15) is 0 Å². The minimum absolute atomic E-state index is 0. The second kappa shape index (κ2) is 23.8. The summed E-state index contributed by atoms with van der Waals surface area (Å²) in [5.41, 5.74) is 17.1. The van der Waals surface area contributed by atoms with E-state index in [2.05, 4.69) is 194 Å². The molecule has 0 aromatic heterocycles. The van der Waals surface area contributed by atoms with Crippen LogP contribution < -0.4 is 43.3 Å². The van der Waals surface area contributed by atoms with E-state index in [1.165, 1.54) is 64.5 Å². The van der Waals surface area contributed by atoms with E-state index in [9.17, 15) is 0 Å². The smallest absolute Gasteiger partial charge is 0.0491 e. The van der Waals surface area contributed by atoms with Crippen LogP contribution in [0.25, 0.3) is 32.7 Å². The molecule has 7 heteroatoms. The summed E-state index contributed by atoms with van der Waals surface area (Å²) in [4.78, 5) is 0. The summed E-state index contributed by atoms with van der Waals surface area (Å²) in [6, 6.07) is 91.4. The van der Waals surface area contributed by atoms with Crippen molar-refractivity contribution < 1.29 is 19.5 Å². The first-order chi connectivity index (χ1) is 30.7.